The first-order chi connectivity index (χ1) is 7.47. The first-order valence-electron chi connectivity index (χ1n) is 4.74. The number of rotatable bonds is 3. The van der Waals surface area contributed by atoms with Crippen LogP contribution in [0.2, 0.25) is 0 Å². The van der Waals surface area contributed by atoms with Crippen molar-refractivity contribution in [1.29, 1.82) is 0 Å². The van der Waals surface area contributed by atoms with Crippen LogP contribution in [-0.4, -0.2) is 23.7 Å². The fourth-order valence-corrected chi connectivity index (χ4v) is 1.49. The summed E-state index contributed by atoms with van der Waals surface area (Å²) in [4.78, 5) is 12.7. The Kier molecular flexibility index (Phi) is 4.24. The molecule has 0 aliphatic heterocycles. The highest BCUT2D eigenvalue weighted by molar-refractivity contribution is 6.27. The summed E-state index contributed by atoms with van der Waals surface area (Å²) in [6, 6.07) is 3.22. The average Bonchev–Trinajstić information content (AvgIpc) is 2.29. The molecule has 0 heterocycles. The van der Waals surface area contributed by atoms with Crippen molar-refractivity contribution in [3.8, 4) is 0 Å². The van der Waals surface area contributed by atoms with E-state index in [1.165, 1.54) is 11.0 Å². The van der Waals surface area contributed by atoms with Gasteiger partial charge in [0.2, 0.25) is 5.91 Å². The van der Waals surface area contributed by atoms with Crippen LogP contribution in [-0.2, 0) is 4.79 Å². The Morgan fingerprint density at radius 3 is 2.56 bits per heavy atom. The summed E-state index contributed by atoms with van der Waals surface area (Å²) < 4.78 is 25.7. The molecule has 0 spiro atoms. The van der Waals surface area contributed by atoms with E-state index in [9.17, 15) is 13.6 Å². The lowest BCUT2D eigenvalue weighted by molar-refractivity contribution is -0.129. The van der Waals surface area contributed by atoms with Gasteiger partial charge in [0.25, 0.3) is 0 Å². The summed E-state index contributed by atoms with van der Waals surface area (Å²) >= 11 is 5.41. The highest BCUT2D eigenvalue weighted by Crippen LogP contribution is 2.20. The van der Waals surface area contributed by atoms with Crippen LogP contribution in [0.4, 0.5) is 8.78 Å². The number of benzene rings is 1. The lowest BCUT2D eigenvalue weighted by Gasteiger charge is -2.24. The van der Waals surface area contributed by atoms with Gasteiger partial charge in [0.05, 0.1) is 6.04 Å². The highest BCUT2D eigenvalue weighted by atomic mass is 35.5. The Labute approximate surface area is 97.8 Å². The molecule has 1 aromatic carbocycles. The molecular formula is C11H12ClF2NO. The maximum atomic E-state index is 13.0. The van der Waals surface area contributed by atoms with E-state index in [0.29, 0.717) is 5.56 Å². The largest absolute Gasteiger partial charge is 0.338 e. The molecule has 2 nitrogen and oxygen atoms in total. The third kappa shape index (κ3) is 2.70. The minimum absolute atomic E-state index is 0.134. The van der Waals surface area contributed by atoms with Crippen molar-refractivity contribution in [2.24, 2.45) is 0 Å². The number of hydrogen-bond acceptors (Lipinski definition) is 1. The van der Waals surface area contributed by atoms with Crippen LogP contribution in [0.1, 0.15) is 18.5 Å². The van der Waals surface area contributed by atoms with Gasteiger partial charge < -0.3 is 4.90 Å². The van der Waals surface area contributed by atoms with Gasteiger partial charge in [0.15, 0.2) is 11.6 Å². The van der Waals surface area contributed by atoms with Crippen LogP contribution in [0, 0.1) is 11.6 Å². The van der Waals surface area contributed by atoms with E-state index in [4.69, 9.17) is 11.6 Å². The number of carbonyl (C=O) groups excluding carboxylic acids is 1. The average molecular weight is 248 g/mol. The molecule has 16 heavy (non-hydrogen) atoms. The van der Waals surface area contributed by atoms with Crippen molar-refractivity contribution < 1.29 is 13.6 Å². The molecule has 0 fully saturated rings. The Balaban J connectivity index is 2.91. The Bertz CT molecular complexity index is 398. The fraction of sp³-hybridized carbons (Fsp3) is 0.364. The van der Waals surface area contributed by atoms with Crippen molar-refractivity contribution in [2.45, 2.75) is 13.0 Å². The van der Waals surface area contributed by atoms with E-state index < -0.39 is 11.6 Å². The van der Waals surface area contributed by atoms with Crippen LogP contribution >= 0.6 is 11.6 Å². The van der Waals surface area contributed by atoms with Gasteiger partial charge in [-0.25, -0.2) is 8.78 Å². The molecule has 0 saturated heterocycles. The summed E-state index contributed by atoms with van der Waals surface area (Å²) in [5, 5.41) is 0. The van der Waals surface area contributed by atoms with E-state index in [2.05, 4.69) is 0 Å². The zero-order valence-corrected chi connectivity index (χ0v) is 9.76. The van der Waals surface area contributed by atoms with Crippen molar-refractivity contribution in [1.82, 2.24) is 4.90 Å². The summed E-state index contributed by atoms with van der Waals surface area (Å²) in [7, 11) is 1.57. The molecule has 0 aromatic heterocycles. The van der Waals surface area contributed by atoms with Gasteiger partial charge >= 0.3 is 0 Å². The Hall–Kier alpha value is -1.16. The van der Waals surface area contributed by atoms with E-state index in [-0.39, 0.29) is 17.8 Å². The van der Waals surface area contributed by atoms with Crippen molar-refractivity contribution in [3.63, 3.8) is 0 Å². The standard InChI is InChI=1S/C11H12ClF2NO/c1-7(15(2)11(16)6-12)8-3-4-9(13)10(14)5-8/h3-5,7H,6H2,1-2H3/t7-/m0/s1. The summed E-state index contributed by atoms with van der Waals surface area (Å²) in [5.74, 6) is -2.22. The first-order valence-corrected chi connectivity index (χ1v) is 5.27. The van der Waals surface area contributed by atoms with Gasteiger partial charge in [-0.2, -0.15) is 0 Å². The Morgan fingerprint density at radius 2 is 2.06 bits per heavy atom. The van der Waals surface area contributed by atoms with Gasteiger partial charge in [-0.15, -0.1) is 11.6 Å². The van der Waals surface area contributed by atoms with Gasteiger partial charge in [-0.1, -0.05) is 6.07 Å². The van der Waals surface area contributed by atoms with Crippen molar-refractivity contribution in [2.75, 3.05) is 12.9 Å². The second kappa shape index (κ2) is 5.25. The van der Waals surface area contributed by atoms with E-state index in [0.717, 1.165) is 12.1 Å². The zero-order valence-electron chi connectivity index (χ0n) is 9.01. The SMILES string of the molecule is C[C@@H](c1ccc(F)c(F)c1)N(C)C(=O)CCl. The van der Waals surface area contributed by atoms with Gasteiger partial charge in [-0.3, -0.25) is 4.79 Å². The quantitative estimate of drug-likeness (QED) is 0.752. The van der Waals surface area contributed by atoms with Crippen LogP contribution in [0.15, 0.2) is 18.2 Å². The molecule has 1 amide bonds. The smallest absolute Gasteiger partial charge is 0.237 e. The van der Waals surface area contributed by atoms with Crippen molar-refractivity contribution >= 4 is 17.5 Å². The third-order valence-electron chi connectivity index (χ3n) is 2.51. The number of alkyl halides is 1. The molecule has 0 aliphatic carbocycles. The van der Waals surface area contributed by atoms with E-state index >= 15 is 0 Å². The highest BCUT2D eigenvalue weighted by Gasteiger charge is 2.17. The molecule has 88 valence electrons. The van der Waals surface area contributed by atoms with E-state index in [1.54, 1.807) is 14.0 Å². The van der Waals surface area contributed by atoms with Crippen LogP contribution in [0.25, 0.3) is 0 Å². The summed E-state index contributed by atoms with van der Waals surface area (Å²) in [6.45, 7) is 1.72. The first kappa shape index (κ1) is 12.9. The fourth-order valence-electron chi connectivity index (χ4n) is 1.31. The lowest BCUT2D eigenvalue weighted by Crippen LogP contribution is -2.30. The topological polar surface area (TPSA) is 20.3 Å². The maximum absolute atomic E-state index is 13.0. The zero-order chi connectivity index (χ0) is 12.3. The van der Waals surface area contributed by atoms with Crippen LogP contribution in [0.3, 0.4) is 0 Å². The minimum atomic E-state index is -0.920. The molecule has 0 bridgehead atoms. The predicted octanol–water partition coefficient (Wildman–Crippen LogP) is 2.72. The molecule has 0 N–H and O–H groups in total. The number of hydrogen-bond donors (Lipinski definition) is 0. The molecule has 0 saturated carbocycles. The third-order valence-corrected chi connectivity index (χ3v) is 2.74. The number of amides is 1. The number of carbonyl (C=O) groups is 1. The number of nitrogens with zero attached hydrogens (tertiary/aromatic N) is 1. The maximum Gasteiger partial charge on any atom is 0.237 e. The van der Waals surface area contributed by atoms with Crippen LogP contribution < -0.4 is 0 Å². The van der Waals surface area contributed by atoms with Crippen LogP contribution in [0.5, 0.6) is 0 Å². The molecule has 0 aliphatic rings. The molecule has 1 atom stereocenters. The van der Waals surface area contributed by atoms with Gasteiger partial charge in [-0.05, 0) is 24.6 Å². The minimum Gasteiger partial charge on any atom is -0.338 e. The lowest BCUT2D eigenvalue weighted by atomic mass is 10.1. The normalized spacial score (nSPS) is 12.3. The van der Waals surface area contributed by atoms with Crippen molar-refractivity contribution in [3.05, 3.63) is 35.4 Å². The molecule has 0 unspecified atom stereocenters. The summed E-state index contributed by atoms with van der Waals surface area (Å²) in [5.41, 5.74) is 0.528. The van der Waals surface area contributed by atoms with E-state index in [1.807, 2.05) is 0 Å². The Morgan fingerprint density at radius 1 is 1.44 bits per heavy atom. The molecule has 0 radical (unpaired) electrons. The van der Waals surface area contributed by atoms with Gasteiger partial charge in [0, 0.05) is 7.05 Å². The number of halogens is 3. The molecule has 5 heteroatoms. The molecule has 1 aromatic rings. The summed E-state index contributed by atoms with van der Waals surface area (Å²) in [6.07, 6.45) is 0. The predicted molar refractivity (Wildman–Crippen MR) is 58.3 cm³/mol. The second-order valence-corrected chi connectivity index (χ2v) is 3.76. The van der Waals surface area contributed by atoms with Gasteiger partial charge in [0.1, 0.15) is 5.88 Å². The molecule has 1 rings (SSSR count). The second-order valence-electron chi connectivity index (χ2n) is 3.49. The monoisotopic (exact) mass is 247 g/mol. The molecular weight excluding hydrogens is 236 g/mol.